The maximum atomic E-state index is 10.5. The van der Waals surface area contributed by atoms with E-state index in [0.717, 1.165) is 22.6 Å². The average Bonchev–Trinajstić information content (AvgIpc) is 2.36. The topological polar surface area (TPSA) is 40.5 Å². The summed E-state index contributed by atoms with van der Waals surface area (Å²) in [5.74, 6) is 0.158. The predicted molar refractivity (Wildman–Crippen MR) is 84.1 cm³/mol. The van der Waals surface area contributed by atoms with Gasteiger partial charge in [0.25, 0.3) is 0 Å². The molecule has 0 spiro atoms. The average molecular weight is 279 g/mol. The molecule has 0 radical (unpaired) electrons. The summed E-state index contributed by atoms with van der Waals surface area (Å²) in [5.41, 5.74) is 3.18. The van der Waals surface area contributed by atoms with E-state index >= 15 is 0 Å². The lowest BCUT2D eigenvalue weighted by atomic mass is 10.1. The Morgan fingerprint density at radius 1 is 1.53 bits per heavy atom. The number of carboxylic acid groups (broad SMARTS) is 1. The number of aliphatic carboxylic acids is 1. The van der Waals surface area contributed by atoms with Gasteiger partial charge in [-0.2, -0.15) is 11.8 Å². The van der Waals surface area contributed by atoms with Crippen LogP contribution in [0.1, 0.15) is 18.1 Å². The van der Waals surface area contributed by atoms with Crippen molar-refractivity contribution in [3.63, 3.8) is 0 Å². The fourth-order valence-electron chi connectivity index (χ4n) is 1.83. The van der Waals surface area contributed by atoms with E-state index in [4.69, 9.17) is 5.11 Å². The Bertz CT molecular complexity index is 471. The zero-order valence-corrected chi connectivity index (χ0v) is 12.7. The number of thioether (sulfide) groups is 1. The number of carbonyl (C=O) groups is 1. The van der Waals surface area contributed by atoms with Gasteiger partial charge >= 0.3 is 5.97 Å². The van der Waals surface area contributed by atoms with Gasteiger partial charge in [-0.25, -0.2) is 4.79 Å². The Hall–Kier alpha value is -1.42. The van der Waals surface area contributed by atoms with Gasteiger partial charge in [-0.05, 0) is 49.4 Å². The standard InChI is InChI=1S/C15H21NO2S/c1-11-9-14(16(3)12(2)10-19-4)7-5-13(11)6-8-15(17)18/h5-9,12H,10H2,1-4H3,(H,17,18)/b8-6+. The molecular formula is C15H21NO2S. The third-order valence-electron chi connectivity index (χ3n) is 3.14. The minimum Gasteiger partial charge on any atom is -0.478 e. The van der Waals surface area contributed by atoms with Gasteiger partial charge in [-0.1, -0.05) is 6.07 Å². The first kappa shape index (κ1) is 15.6. The fraction of sp³-hybridized carbons (Fsp3) is 0.400. The third-order valence-corrected chi connectivity index (χ3v) is 3.95. The van der Waals surface area contributed by atoms with E-state index < -0.39 is 5.97 Å². The summed E-state index contributed by atoms with van der Waals surface area (Å²) in [7, 11) is 2.09. The van der Waals surface area contributed by atoms with Crippen molar-refractivity contribution < 1.29 is 9.90 Å². The third kappa shape index (κ3) is 4.63. The van der Waals surface area contributed by atoms with E-state index in [1.54, 1.807) is 6.08 Å². The second-order valence-corrected chi connectivity index (χ2v) is 5.54. The molecule has 1 N–H and O–H groups in total. The lowest BCUT2D eigenvalue weighted by Gasteiger charge is -2.27. The molecule has 0 aliphatic heterocycles. The van der Waals surface area contributed by atoms with Gasteiger partial charge in [-0.3, -0.25) is 0 Å². The number of hydrogen-bond acceptors (Lipinski definition) is 3. The molecule has 0 saturated heterocycles. The monoisotopic (exact) mass is 279 g/mol. The van der Waals surface area contributed by atoms with Crippen LogP contribution in [-0.2, 0) is 4.79 Å². The van der Waals surface area contributed by atoms with Crippen LogP contribution in [-0.4, -0.2) is 36.2 Å². The summed E-state index contributed by atoms with van der Waals surface area (Å²) < 4.78 is 0. The van der Waals surface area contributed by atoms with Crippen molar-refractivity contribution in [3.8, 4) is 0 Å². The predicted octanol–water partition coefficient (Wildman–Crippen LogP) is 3.28. The van der Waals surface area contributed by atoms with Crippen molar-refractivity contribution in [2.75, 3.05) is 24.0 Å². The zero-order valence-electron chi connectivity index (χ0n) is 11.9. The summed E-state index contributed by atoms with van der Waals surface area (Å²) in [4.78, 5) is 12.8. The lowest BCUT2D eigenvalue weighted by molar-refractivity contribution is -0.131. The molecule has 0 aliphatic carbocycles. The van der Waals surface area contributed by atoms with E-state index in [-0.39, 0.29) is 0 Å². The molecule has 104 valence electrons. The van der Waals surface area contributed by atoms with Crippen molar-refractivity contribution in [2.24, 2.45) is 0 Å². The molecule has 0 saturated carbocycles. The van der Waals surface area contributed by atoms with Gasteiger partial charge in [0, 0.05) is 30.6 Å². The molecule has 1 aromatic rings. The number of hydrogen-bond donors (Lipinski definition) is 1. The highest BCUT2D eigenvalue weighted by Crippen LogP contribution is 2.21. The van der Waals surface area contributed by atoms with Crippen LogP contribution in [0.15, 0.2) is 24.3 Å². The van der Waals surface area contributed by atoms with Crippen LogP contribution in [0.5, 0.6) is 0 Å². The second-order valence-electron chi connectivity index (χ2n) is 4.63. The first-order valence-corrected chi connectivity index (χ1v) is 7.58. The molecule has 0 bridgehead atoms. The quantitative estimate of drug-likeness (QED) is 0.811. The van der Waals surface area contributed by atoms with Crippen LogP contribution in [0.2, 0.25) is 0 Å². The minimum atomic E-state index is -0.922. The maximum absolute atomic E-state index is 10.5. The van der Waals surface area contributed by atoms with Gasteiger partial charge in [0.05, 0.1) is 0 Å². The van der Waals surface area contributed by atoms with E-state index in [0.29, 0.717) is 6.04 Å². The summed E-state index contributed by atoms with van der Waals surface area (Å²) >= 11 is 1.83. The highest BCUT2D eigenvalue weighted by molar-refractivity contribution is 7.98. The Labute approximate surface area is 119 Å². The van der Waals surface area contributed by atoms with Crippen LogP contribution >= 0.6 is 11.8 Å². The highest BCUT2D eigenvalue weighted by atomic mass is 32.2. The first-order chi connectivity index (χ1) is 8.95. The smallest absolute Gasteiger partial charge is 0.328 e. The highest BCUT2D eigenvalue weighted by Gasteiger charge is 2.10. The minimum absolute atomic E-state index is 0.467. The molecule has 4 heteroatoms. The number of nitrogens with zero attached hydrogens (tertiary/aromatic N) is 1. The van der Waals surface area contributed by atoms with Gasteiger partial charge in [0.2, 0.25) is 0 Å². The van der Waals surface area contributed by atoms with Gasteiger partial charge < -0.3 is 10.0 Å². The van der Waals surface area contributed by atoms with Gasteiger partial charge in [0.15, 0.2) is 0 Å². The Kier molecular flexibility index (Phi) is 5.96. The van der Waals surface area contributed by atoms with Crippen molar-refractivity contribution in [1.29, 1.82) is 0 Å². The van der Waals surface area contributed by atoms with Gasteiger partial charge in [0.1, 0.15) is 0 Å². The van der Waals surface area contributed by atoms with Crippen LogP contribution in [0, 0.1) is 6.92 Å². The Morgan fingerprint density at radius 2 is 2.21 bits per heavy atom. The van der Waals surface area contributed by atoms with E-state index in [9.17, 15) is 4.79 Å². The molecule has 1 atom stereocenters. The first-order valence-electron chi connectivity index (χ1n) is 6.19. The number of benzene rings is 1. The lowest BCUT2D eigenvalue weighted by Crippen LogP contribution is -2.30. The molecule has 1 aromatic carbocycles. The maximum Gasteiger partial charge on any atom is 0.328 e. The second kappa shape index (κ2) is 7.24. The molecule has 1 rings (SSSR count). The molecule has 0 aromatic heterocycles. The Balaban J connectivity index is 2.90. The zero-order chi connectivity index (χ0) is 14.4. The number of anilines is 1. The Morgan fingerprint density at radius 3 is 2.74 bits per heavy atom. The van der Waals surface area contributed by atoms with Crippen LogP contribution in [0.3, 0.4) is 0 Å². The summed E-state index contributed by atoms with van der Waals surface area (Å²) in [5, 5.41) is 8.64. The summed E-state index contributed by atoms with van der Waals surface area (Å²) in [6.45, 7) is 4.20. The molecule has 1 unspecified atom stereocenters. The normalized spacial score (nSPS) is 12.6. The van der Waals surface area contributed by atoms with E-state index in [2.05, 4.69) is 31.2 Å². The molecule has 0 amide bonds. The van der Waals surface area contributed by atoms with E-state index in [1.165, 1.54) is 6.08 Å². The van der Waals surface area contributed by atoms with Crippen molar-refractivity contribution >= 4 is 29.5 Å². The number of carboxylic acids is 1. The molecule has 0 heterocycles. The SMILES string of the molecule is CSCC(C)N(C)c1ccc(/C=C/C(=O)O)c(C)c1. The molecule has 0 aliphatic rings. The fourth-order valence-corrected chi connectivity index (χ4v) is 2.54. The molecule has 0 fully saturated rings. The van der Waals surface area contributed by atoms with Crippen molar-refractivity contribution in [2.45, 2.75) is 19.9 Å². The molecular weight excluding hydrogens is 258 g/mol. The number of aryl methyl sites for hydroxylation is 1. The van der Waals surface area contributed by atoms with Crippen LogP contribution in [0.4, 0.5) is 5.69 Å². The van der Waals surface area contributed by atoms with E-state index in [1.807, 2.05) is 30.8 Å². The van der Waals surface area contributed by atoms with Crippen LogP contribution < -0.4 is 4.90 Å². The molecule has 3 nitrogen and oxygen atoms in total. The molecule has 19 heavy (non-hydrogen) atoms. The largest absolute Gasteiger partial charge is 0.478 e. The van der Waals surface area contributed by atoms with Crippen molar-refractivity contribution in [1.82, 2.24) is 0 Å². The number of rotatable bonds is 6. The van der Waals surface area contributed by atoms with Crippen molar-refractivity contribution in [3.05, 3.63) is 35.4 Å². The van der Waals surface area contributed by atoms with Crippen LogP contribution in [0.25, 0.3) is 6.08 Å². The van der Waals surface area contributed by atoms with Gasteiger partial charge in [-0.15, -0.1) is 0 Å². The summed E-state index contributed by atoms with van der Waals surface area (Å²) in [6.07, 6.45) is 4.91. The summed E-state index contributed by atoms with van der Waals surface area (Å²) in [6, 6.07) is 6.56.